The average molecular weight is 456 g/mol. The van der Waals surface area contributed by atoms with Gasteiger partial charge in [0, 0.05) is 24.2 Å². The fourth-order valence-electron chi connectivity index (χ4n) is 3.78. The molecule has 31 heavy (non-hydrogen) atoms. The Morgan fingerprint density at radius 1 is 1.32 bits per heavy atom. The van der Waals surface area contributed by atoms with Crippen molar-refractivity contribution in [3.05, 3.63) is 51.7 Å². The summed E-state index contributed by atoms with van der Waals surface area (Å²) in [5.41, 5.74) is 0.649. The Bertz CT molecular complexity index is 988. The van der Waals surface area contributed by atoms with E-state index >= 15 is 0 Å². The molecule has 2 N–H and O–H groups in total. The molecule has 2 aliphatic rings. The van der Waals surface area contributed by atoms with Crippen molar-refractivity contribution in [1.29, 1.82) is 0 Å². The number of hydrogen-bond acceptors (Lipinski definition) is 6. The van der Waals surface area contributed by atoms with Crippen LogP contribution < -0.4 is 10.6 Å². The Labute approximate surface area is 182 Å². The predicted octanol–water partition coefficient (Wildman–Crippen LogP) is 3.21. The van der Waals surface area contributed by atoms with Gasteiger partial charge in [0.2, 0.25) is 5.28 Å². The van der Waals surface area contributed by atoms with E-state index in [4.69, 9.17) is 16.3 Å². The van der Waals surface area contributed by atoms with Crippen LogP contribution in [0.4, 0.5) is 19.0 Å². The number of carbonyl (C=O) groups is 1. The molecule has 1 amide bonds. The van der Waals surface area contributed by atoms with Crippen LogP contribution in [0.1, 0.15) is 41.8 Å². The van der Waals surface area contributed by atoms with Crippen molar-refractivity contribution in [2.24, 2.45) is 0 Å². The maximum atomic E-state index is 14.6. The van der Waals surface area contributed by atoms with E-state index in [2.05, 4.69) is 20.6 Å². The number of alkyl halides is 2. The normalized spacial score (nSPS) is 19.4. The number of halogens is 4. The van der Waals surface area contributed by atoms with Gasteiger partial charge in [-0.25, -0.2) is 23.1 Å². The molecule has 0 radical (unpaired) electrons. The maximum Gasteiger partial charge on any atom is 0.266 e. The highest BCUT2D eigenvalue weighted by Crippen LogP contribution is 2.33. The number of aromatic nitrogens is 2. The Balaban J connectivity index is 1.56. The highest BCUT2D eigenvalue weighted by atomic mass is 35.5. The van der Waals surface area contributed by atoms with Gasteiger partial charge >= 0.3 is 0 Å². The third-order valence-corrected chi connectivity index (χ3v) is 5.55. The van der Waals surface area contributed by atoms with Crippen LogP contribution in [-0.4, -0.2) is 46.6 Å². The maximum absolute atomic E-state index is 14.6. The molecule has 1 aromatic carbocycles. The van der Waals surface area contributed by atoms with Gasteiger partial charge in [-0.05, 0) is 18.5 Å². The van der Waals surface area contributed by atoms with E-state index < -0.39 is 30.0 Å². The van der Waals surface area contributed by atoms with Crippen molar-refractivity contribution in [3.8, 4) is 0 Å². The van der Waals surface area contributed by atoms with Crippen LogP contribution >= 0.6 is 11.6 Å². The quantitative estimate of drug-likeness (QED) is 0.674. The van der Waals surface area contributed by atoms with Crippen molar-refractivity contribution in [2.75, 3.05) is 25.0 Å². The van der Waals surface area contributed by atoms with E-state index in [-0.39, 0.29) is 29.8 Å². The number of fused-ring (bicyclic) bond motifs is 1. The number of ether oxygens (including phenoxy) is 1. The Morgan fingerprint density at radius 2 is 2.10 bits per heavy atom. The molecule has 0 aliphatic carbocycles. The summed E-state index contributed by atoms with van der Waals surface area (Å²) < 4.78 is 46.2. The van der Waals surface area contributed by atoms with E-state index in [1.54, 1.807) is 11.8 Å². The van der Waals surface area contributed by atoms with Crippen LogP contribution in [0.15, 0.2) is 18.2 Å². The van der Waals surface area contributed by atoms with E-state index in [9.17, 15) is 18.0 Å². The molecular formula is C20H21ClF3N5O2. The zero-order chi connectivity index (χ0) is 22.1. The minimum absolute atomic E-state index is 0.0277. The highest BCUT2D eigenvalue weighted by Gasteiger charge is 2.34. The van der Waals surface area contributed by atoms with Gasteiger partial charge in [-0.2, -0.15) is 0 Å². The van der Waals surface area contributed by atoms with Gasteiger partial charge in [0.25, 0.3) is 12.3 Å². The van der Waals surface area contributed by atoms with Crippen molar-refractivity contribution in [1.82, 2.24) is 20.2 Å². The average Bonchev–Trinajstić information content (AvgIpc) is 3.17. The zero-order valence-corrected chi connectivity index (χ0v) is 17.4. The topological polar surface area (TPSA) is 79.4 Å². The third kappa shape index (κ3) is 4.46. The van der Waals surface area contributed by atoms with Crippen LogP contribution in [0.3, 0.4) is 0 Å². The molecule has 1 unspecified atom stereocenters. The second-order valence-electron chi connectivity index (χ2n) is 7.44. The summed E-state index contributed by atoms with van der Waals surface area (Å²) in [6, 6.07) is 3.20. The van der Waals surface area contributed by atoms with Crippen molar-refractivity contribution in [2.45, 2.75) is 38.6 Å². The van der Waals surface area contributed by atoms with Crippen molar-refractivity contribution in [3.63, 3.8) is 0 Å². The number of rotatable bonds is 5. The number of anilines is 1. The van der Waals surface area contributed by atoms with Gasteiger partial charge in [-0.1, -0.05) is 18.2 Å². The van der Waals surface area contributed by atoms with Crippen LogP contribution in [0.5, 0.6) is 0 Å². The lowest BCUT2D eigenvalue weighted by molar-refractivity contribution is -0.145. The third-order valence-electron chi connectivity index (χ3n) is 5.38. The van der Waals surface area contributed by atoms with Gasteiger partial charge in [0.1, 0.15) is 17.7 Å². The molecule has 0 saturated carbocycles. The van der Waals surface area contributed by atoms with E-state index in [0.717, 1.165) is 6.07 Å². The van der Waals surface area contributed by atoms with Gasteiger partial charge in [-0.3, -0.25) is 4.79 Å². The SMILES string of the molecule is C[C@@H](Nc1nc(Cl)nc2c1CN(C(=O)C1CNCCO1)C2)c1cccc(C(F)F)c1F. The number of carbonyl (C=O) groups excluding carboxylic acids is 1. The lowest BCUT2D eigenvalue weighted by atomic mass is 10.0. The van der Waals surface area contributed by atoms with Gasteiger partial charge < -0.3 is 20.3 Å². The standard InChI is InChI=1S/C20H21ClF3N5O2/c1-10(11-3-2-4-12(16(11)22)17(23)24)26-18-13-8-29(9-14(13)27-20(21)28-18)19(30)15-7-25-5-6-31-15/h2-4,10,15,17,25H,5-9H2,1H3,(H,26,27,28)/t10-,15?/m1/s1. The van der Waals surface area contributed by atoms with Crippen LogP contribution in [0.2, 0.25) is 5.28 Å². The molecule has 1 aromatic heterocycles. The number of amides is 1. The molecule has 0 spiro atoms. The fraction of sp³-hybridized carbons (Fsp3) is 0.450. The summed E-state index contributed by atoms with van der Waals surface area (Å²) >= 11 is 6.06. The first-order valence-electron chi connectivity index (χ1n) is 9.84. The molecule has 1 saturated heterocycles. The molecular weight excluding hydrogens is 435 g/mol. The predicted molar refractivity (Wildman–Crippen MR) is 107 cm³/mol. The number of hydrogen-bond donors (Lipinski definition) is 2. The number of morpholine rings is 1. The summed E-state index contributed by atoms with van der Waals surface area (Å²) in [5, 5.41) is 6.14. The van der Waals surface area contributed by atoms with Crippen LogP contribution in [0.25, 0.3) is 0 Å². The van der Waals surface area contributed by atoms with E-state index in [1.165, 1.54) is 12.1 Å². The smallest absolute Gasteiger partial charge is 0.266 e. The second-order valence-corrected chi connectivity index (χ2v) is 7.78. The lowest BCUT2D eigenvalue weighted by Gasteiger charge is -2.26. The van der Waals surface area contributed by atoms with Gasteiger partial charge in [0.15, 0.2) is 0 Å². The molecule has 1 fully saturated rings. The van der Waals surface area contributed by atoms with Crippen molar-refractivity contribution < 1.29 is 22.7 Å². The Hall–Kier alpha value is -2.43. The van der Waals surface area contributed by atoms with Gasteiger partial charge in [-0.15, -0.1) is 0 Å². The number of nitrogens with zero attached hydrogens (tertiary/aromatic N) is 3. The first-order chi connectivity index (χ1) is 14.8. The monoisotopic (exact) mass is 455 g/mol. The first kappa shape index (κ1) is 21.8. The summed E-state index contributed by atoms with van der Waals surface area (Å²) in [6.07, 6.45) is -3.49. The Kier molecular flexibility index (Phi) is 6.31. The second kappa shape index (κ2) is 8.97. The van der Waals surface area contributed by atoms with Crippen molar-refractivity contribution >= 4 is 23.3 Å². The largest absolute Gasteiger partial charge is 0.366 e. The van der Waals surface area contributed by atoms with Crippen LogP contribution in [-0.2, 0) is 22.6 Å². The van der Waals surface area contributed by atoms with E-state index in [1.807, 2.05) is 0 Å². The molecule has 0 bridgehead atoms. The highest BCUT2D eigenvalue weighted by molar-refractivity contribution is 6.28. The summed E-state index contributed by atoms with van der Waals surface area (Å²) in [7, 11) is 0. The minimum atomic E-state index is -2.92. The molecule has 166 valence electrons. The molecule has 2 aromatic rings. The molecule has 11 heteroatoms. The molecule has 2 aliphatic heterocycles. The molecule has 4 rings (SSSR count). The number of nitrogens with one attached hydrogen (secondary N) is 2. The first-order valence-corrected chi connectivity index (χ1v) is 10.2. The fourth-order valence-corrected chi connectivity index (χ4v) is 3.97. The summed E-state index contributed by atoms with van der Waals surface area (Å²) in [5.74, 6) is -0.800. The van der Waals surface area contributed by atoms with Gasteiger partial charge in [0.05, 0.1) is 37.0 Å². The lowest BCUT2D eigenvalue weighted by Crippen LogP contribution is -2.48. The van der Waals surface area contributed by atoms with E-state index in [0.29, 0.717) is 36.8 Å². The molecule has 7 nitrogen and oxygen atoms in total. The summed E-state index contributed by atoms with van der Waals surface area (Å²) in [6.45, 7) is 3.70. The molecule has 2 atom stereocenters. The zero-order valence-electron chi connectivity index (χ0n) is 16.7. The van der Waals surface area contributed by atoms with Crippen LogP contribution in [0, 0.1) is 5.82 Å². The molecule has 3 heterocycles. The number of benzene rings is 1. The Morgan fingerprint density at radius 3 is 2.81 bits per heavy atom. The minimum Gasteiger partial charge on any atom is -0.366 e. The summed E-state index contributed by atoms with van der Waals surface area (Å²) in [4.78, 5) is 22.8.